The van der Waals surface area contributed by atoms with Crippen LogP contribution in [0.1, 0.15) is 30.4 Å². The number of primary amides is 1. The molecular formula is C30H38N6O7S. The zero-order valence-electron chi connectivity index (χ0n) is 24.2. The van der Waals surface area contributed by atoms with Crippen molar-refractivity contribution in [2.24, 2.45) is 11.5 Å². The first-order valence-electron chi connectivity index (χ1n) is 14.0. The van der Waals surface area contributed by atoms with Crippen molar-refractivity contribution in [3.63, 3.8) is 0 Å². The van der Waals surface area contributed by atoms with Crippen molar-refractivity contribution in [1.82, 2.24) is 20.9 Å². The Balaban J connectivity index is 1.82. The highest BCUT2D eigenvalue weighted by Gasteiger charge is 2.31. The van der Waals surface area contributed by atoms with Crippen molar-refractivity contribution in [1.29, 1.82) is 0 Å². The number of para-hydroxylation sites is 1. The minimum atomic E-state index is -1.27. The number of carboxylic acids is 1. The lowest BCUT2D eigenvalue weighted by molar-refractivity contribution is -0.142. The second-order valence-corrected chi connectivity index (χ2v) is 11.3. The maximum absolute atomic E-state index is 13.6. The highest BCUT2D eigenvalue weighted by molar-refractivity contribution is 7.98. The topological polar surface area (TPSA) is 230 Å². The minimum Gasteiger partial charge on any atom is -0.508 e. The van der Waals surface area contributed by atoms with E-state index in [0.717, 1.165) is 10.9 Å². The molecule has 10 N–H and O–H groups in total. The van der Waals surface area contributed by atoms with E-state index in [-0.39, 0.29) is 37.9 Å². The van der Waals surface area contributed by atoms with E-state index in [2.05, 4.69) is 20.9 Å². The second-order valence-electron chi connectivity index (χ2n) is 10.3. The monoisotopic (exact) mass is 626 g/mol. The van der Waals surface area contributed by atoms with Crippen molar-refractivity contribution in [2.75, 3.05) is 12.0 Å². The number of rotatable bonds is 17. The zero-order chi connectivity index (χ0) is 32.2. The van der Waals surface area contributed by atoms with Crippen molar-refractivity contribution in [2.45, 2.75) is 56.3 Å². The van der Waals surface area contributed by atoms with Crippen LogP contribution in [0.3, 0.4) is 0 Å². The van der Waals surface area contributed by atoms with Crippen LogP contribution in [-0.2, 0) is 36.8 Å². The molecule has 0 saturated carbocycles. The lowest BCUT2D eigenvalue weighted by Gasteiger charge is -2.25. The number of phenols is 1. The van der Waals surface area contributed by atoms with Gasteiger partial charge in [0.25, 0.3) is 0 Å². The third-order valence-electron chi connectivity index (χ3n) is 7.00. The number of nitrogens with one attached hydrogen (secondary N) is 4. The zero-order valence-corrected chi connectivity index (χ0v) is 25.1. The molecule has 3 aromatic rings. The summed E-state index contributed by atoms with van der Waals surface area (Å²) in [4.78, 5) is 66.5. The number of aliphatic carboxylic acids is 1. The average Bonchev–Trinajstić information content (AvgIpc) is 3.40. The first kappa shape index (κ1) is 33.9. The van der Waals surface area contributed by atoms with Crippen molar-refractivity contribution >= 4 is 52.3 Å². The Morgan fingerprint density at radius 3 is 2.16 bits per heavy atom. The van der Waals surface area contributed by atoms with Crippen LogP contribution in [0.25, 0.3) is 10.9 Å². The normalized spacial score (nSPS) is 13.8. The maximum atomic E-state index is 13.6. The number of H-pyrrole nitrogens is 1. The number of nitrogens with two attached hydrogens (primary N) is 2. The summed E-state index contributed by atoms with van der Waals surface area (Å²) in [7, 11) is 0. The van der Waals surface area contributed by atoms with Crippen LogP contribution in [-0.4, -0.2) is 81.0 Å². The Morgan fingerprint density at radius 2 is 1.50 bits per heavy atom. The summed E-state index contributed by atoms with van der Waals surface area (Å²) in [5.74, 6) is -3.53. The summed E-state index contributed by atoms with van der Waals surface area (Å²) in [5, 5.41) is 27.7. The predicted octanol–water partition coefficient (Wildman–Crippen LogP) is 0.544. The SMILES string of the molecule is CSCCC(NC(=O)C(Cc1c[nH]c2ccccc12)NC(=O)C(CCC(N)=O)NC(=O)C(N)Cc1ccc(O)cc1)C(=O)O. The van der Waals surface area contributed by atoms with Gasteiger partial charge in [-0.25, -0.2) is 4.79 Å². The third kappa shape index (κ3) is 10.0. The van der Waals surface area contributed by atoms with Crippen LogP contribution in [0.4, 0.5) is 0 Å². The second kappa shape index (κ2) is 16.3. The Morgan fingerprint density at radius 1 is 0.864 bits per heavy atom. The average molecular weight is 627 g/mol. The Labute approximate surface area is 258 Å². The Kier molecular flexibility index (Phi) is 12.6. The number of aromatic nitrogens is 1. The molecular weight excluding hydrogens is 588 g/mol. The minimum absolute atomic E-state index is 0.00725. The molecule has 0 radical (unpaired) electrons. The molecule has 4 atom stereocenters. The Bertz CT molecular complexity index is 1460. The van der Waals surface area contributed by atoms with Crippen LogP contribution in [0.15, 0.2) is 54.7 Å². The summed E-state index contributed by atoms with van der Waals surface area (Å²) in [6.45, 7) is 0. The molecule has 0 aliphatic carbocycles. The number of aromatic hydroxyl groups is 1. The molecule has 1 aromatic heterocycles. The third-order valence-corrected chi connectivity index (χ3v) is 7.64. The molecule has 4 amide bonds. The largest absolute Gasteiger partial charge is 0.508 e. The van der Waals surface area contributed by atoms with Gasteiger partial charge in [0.15, 0.2) is 0 Å². The van der Waals surface area contributed by atoms with E-state index < -0.39 is 53.8 Å². The van der Waals surface area contributed by atoms with Crippen LogP contribution < -0.4 is 27.4 Å². The molecule has 1 heterocycles. The van der Waals surface area contributed by atoms with Crippen molar-refractivity contribution in [3.05, 3.63) is 65.9 Å². The summed E-state index contributed by atoms with van der Waals surface area (Å²) in [6.07, 6.45) is 3.41. The number of phenolic OH excluding ortho intramolecular Hbond substituents is 1. The molecule has 236 valence electrons. The first-order valence-corrected chi connectivity index (χ1v) is 15.4. The number of benzene rings is 2. The van der Waals surface area contributed by atoms with Crippen LogP contribution >= 0.6 is 11.8 Å². The molecule has 0 aliphatic rings. The van der Waals surface area contributed by atoms with E-state index in [1.54, 1.807) is 18.3 Å². The van der Waals surface area contributed by atoms with E-state index in [0.29, 0.717) is 16.9 Å². The van der Waals surface area contributed by atoms with Gasteiger partial charge >= 0.3 is 5.97 Å². The quantitative estimate of drug-likeness (QED) is 0.104. The van der Waals surface area contributed by atoms with Crippen molar-refractivity contribution in [3.8, 4) is 5.75 Å². The van der Waals surface area contributed by atoms with E-state index >= 15 is 0 Å². The number of carbonyl (C=O) groups is 5. The van der Waals surface area contributed by atoms with Gasteiger partial charge in [-0.15, -0.1) is 0 Å². The Hall–Kier alpha value is -4.56. The van der Waals surface area contributed by atoms with Gasteiger partial charge in [0.05, 0.1) is 6.04 Å². The van der Waals surface area contributed by atoms with Gasteiger partial charge in [-0.3, -0.25) is 19.2 Å². The highest BCUT2D eigenvalue weighted by atomic mass is 32.2. The molecule has 0 aliphatic heterocycles. The summed E-state index contributed by atoms with van der Waals surface area (Å²) in [5.41, 5.74) is 13.6. The molecule has 0 saturated heterocycles. The maximum Gasteiger partial charge on any atom is 0.326 e. The fraction of sp³-hybridized carbons (Fsp3) is 0.367. The van der Waals surface area contributed by atoms with Crippen LogP contribution in [0, 0.1) is 0 Å². The van der Waals surface area contributed by atoms with Gasteiger partial charge in [0.2, 0.25) is 23.6 Å². The number of carbonyl (C=O) groups excluding carboxylic acids is 4. The molecule has 44 heavy (non-hydrogen) atoms. The molecule has 2 aromatic carbocycles. The van der Waals surface area contributed by atoms with Crippen molar-refractivity contribution < 1.29 is 34.2 Å². The first-order chi connectivity index (χ1) is 21.0. The molecule has 0 bridgehead atoms. The molecule has 13 nitrogen and oxygen atoms in total. The molecule has 14 heteroatoms. The smallest absolute Gasteiger partial charge is 0.326 e. The van der Waals surface area contributed by atoms with Gasteiger partial charge in [0, 0.05) is 29.9 Å². The fourth-order valence-electron chi connectivity index (χ4n) is 4.58. The summed E-state index contributed by atoms with van der Waals surface area (Å²) < 4.78 is 0. The lowest BCUT2D eigenvalue weighted by atomic mass is 10.0. The van der Waals surface area contributed by atoms with Gasteiger partial charge in [-0.05, 0) is 60.6 Å². The number of aromatic amines is 1. The number of carboxylic acid groups (broad SMARTS) is 1. The van der Waals surface area contributed by atoms with E-state index in [4.69, 9.17) is 11.5 Å². The van der Waals surface area contributed by atoms with Gasteiger partial charge in [-0.2, -0.15) is 11.8 Å². The van der Waals surface area contributed by atoms with Gasteiger partial charge in [-0.1, -0.05) is 30.3 Å². The number of fused-ring (bicyclic) bond motifs is 1. The number of hydrogen-bond acceptors (Lipinski definition) is 8. The van der Waals surface area contributed by atoms with Gasteiger partial charge < -0.3 is 42.6 Å². The van der Waals surface area contributed by atoms with Gasteiger partial charge in [0.1, 0.15) is 23.9 Å². The lowest BCUT2D eigenvalue weighted by Crippen LogP contribution is -2.58. The van der Waals surface area contributed by atoms with Crippen LogP contribution in [0.2, 0.25) is 0 Å². The van der Waals surface area contributed by atoms with Crippen LogP contribution in [0.5, 0.6) is 5.75 Å². The summed E-state index contributed by atoms with van der Waals surface area (Å²) in [6, 6.07) is 8.76. The highest BCUT2D eigenvalue weighted by Crippen LogP contribution is 2.20. The van der Waals surface area contributed by atoms with E-state index in [9.17, 15) is 34.2 Å². The predicted molar refractivity (Wildman–Crippen MR) is 167 cm³/mol. The van der Waals surface area contributed by atoms with E-state index in [1.807, 2.05) is 30.5 Å². The molecule has 0 fully saturated rings. The molecule has 0 spiro atoms. The standard InChI is InChI=1S/C30H38N6O7S/c1-44-13-12-24(30(42)43)35-29(41)25(15-18-16-33-22-5-3-2-4-20(18)22)36-28(40)23(10-11-26(32)38)34-27(39)21(31)14-17-6-8-19(37)9-7-17/h2-9,16,21,23-25,33,37H,10-15,31H2,1H3,(H2,32,38)(H,34,39)(H,35,41)(H,36,40)(H,42,43). The molecule has 4 unspecified atom stereocenters. The molecule has 3 rings (SSSR count). The van der Waals surface area contributed by atoms with E-state index in [1.165, 1.54) is 23.9 Å². The number of amides is 4. The number of thioether (sulfide) groups is 1. The number of hydrogen-bond donors (Lipinski definition) is 8. The fourth-order valence-corrected chi connectivity index (χ4v) is 5.05. The summed E-state index contributed by atoms with van der Waals surface area (Å²) >= 11 is 1.43.